The lowest BCUT2D eigenvalue weighted by molar-refractivity contribution is 0.134. The third kappa shape index (κ3) is 2.66. The number of aromatic nitrogens is 2. The average molecular weight is 347 g/mol. The van der Waals surface area contributed by atoms with Crippen LogP contribution in [0.1, 0.15) is 29.8 Å². The van der Waals surface area contributed by atoms with Gasteiger partial charge in [-0.15, -0.1) is 0 Å². The molecule has 0 spiro atoms. The molecule has 4 rings (SSSR count). The Hall–Kier alpha value is -1.70. The summed E-state index contributed by atoms with van der Waals surface area (Å²) in [7, 11) is -3.48. The molecule has 24 heavy (non-hydrogen) atoms. The van der Waals surface area contributed by atoms with E-state index >= 15 is 0 Å². The number of nitrogens with zero attached hydrogens (tertiary/aromatic N) is 3. The van der Waals surface area contributed by atoms with Crippen molar-refractivity contribution < 1.29 is 13.2 Å². The second-order valence-corrected chi connectivity index (χ2v) is 8.35. The van der Waals surface area contributed by atoms with Crippen molar-refractivity contribution in [1.29, 1.82) is 0 Å². The van der Waals surface area contributed by atoms with Gasteiger partial charge in [0.1, 0.15) is 5.82 Å². The van der Waals surface area contributed by atoms with E-state index in [2.05, 4.69) is 4.98 Å². The van der Waals surface area contributed by atoms with Crippen molar-refractivity contribution in [3.05, 3.63) is 47.5 Å². The zero-order valence-electron chi connectivity index (χ0n) is 13.7. The van der Waals surface area contributed by atoms with Crippen LogP contribution in [0.2, 0.25) is 0 Å². The van der Waals surface area contributed by atoms with Gasteiger partial charge in [0, 0.05) is 31.5 Å². The van der Waals surface area contributed by atoms with E-state index in [-0.39, 0.29) is 6.04 Å². The highest BCUT2D eigenvalue weighted by Gasteiger charge is 2.36. The number of sulfonamides is 1. The smallest absolute Gasteiger partial charge is 0.243 e. The van der Waals surface area contributed by atoms with E-state index in [1.54, 1.807) is 22.6 Å². The third-order valence-electron chi connectivity index (χ3n) is 4.95. The van der Waals surface area contributed by atoms with Crippen LogP contribution in [0.25, 0.3) is 0 Å². The highest BCUT2D eigenvalue weighted by atomic mass is 32.2. The number of benzene rings is 1. The molecule has 7 heteroatoms. The fourth-order valence-corrected chi connectivity index (χ4v) is 5.31. The van der Waals surface area contributed by atoms with Crippen LogP contribution in [0.15, 0.2) is 35.5 Å². The Balaban J connectivity index is 1.62. The maximum absolute atomic E-state index is 13.1. The van der Waals surface area contributed by atoms with Crippen LogP contribution in [0, 0.1) is 6.92 Å². The highest BCUT2D eigenvalue weighted by Crippen LogP contribution is 2.30. The summed E-state index contributed by atoms with van der Waals surface area (Å²) in [5.41, 5.74) is 2.07. The molecule has 0 N–H and O–H groups in total. The van der Waals surface area contributed by atoms with Crippen molar-refractivity contribution in [2.24, 2.45) is 0 Å². The lowest BCUT2D eigenvalue weighted by Crippen LogP contribution is -2.38. The summed E-state index contributed by atoms with van der Waals surface area (Å²) in [6.45, 7) is 4.24. The van der Waals surface area contributed by atoms with Crippen molar-refractivity contribution in [2.75, 3.05) is 6.54 Å². The molecule has 1 unspecified atom stereocenters. The Morgan fingerprint density at radius 2 is 2.12 bits per heavy atom. The molecule has 2 aromatic rings. The molecule has 1 aromatic carbocycles. The van der Waals surface area contributed by atoms with E-state index < -0.39 is 10.0 Å². The van der Waals surface area contributed by atoms with E-state index in [9.17, 15) is 8.42 Å². The Bertz CT molecular complexity index is 860. The first-order chi connectivity index (χ1) is 11.6. The number of hydrogen-bond donors (Lipinski definition) is 0. The van der Waals surface area contributed by atoms with Crippen molar-refractivity contribution in [2.45, 2.75) is 50.5 Å². The molecule has 1 atom stereocenters. The molecule has 2 aliphatic heterocycles. The summed E-state index contributed by atoms with van der Waals surface area (Å²) >= 11 is 0. The van der Waals surface area contributed by atoms with E-state index in [4.69, 9.17) is 4.74 Å². The second kappa shape index (κ2) is 5.98. The molecule has 1 aromatic heterocycles. The molecular weight excluding hydrogens is 326 g/mol. The van der Waals surface area contributed by atoms with E-state index in [1.807, 2.05) is 23.8 Å². The molecule has 1 fully saturated rings. The van der Waals surface area contributed by atoms with Crippen molar-refractivity contribution in [3.8, 4) is 0 Å². The van der Waals surface area contributed by atoms with Crippen LogP contribution in [-0.2, 0) is 34.5 Å². The lowest BCUT2D eigenvalue weighted by atomic mass is 10.1. The summed E-state index contributed by atoms with van der Waals surface area (Å²) in [5, 5.41) is 0. The van der Waals surface area contributed by atoms with Gasteiger partial charge in [-0.05, 0) is 43.0 Å². The lowest BCUT2D eigenvalue weighted by Gasteiger charge is -2.25. The summed E-state index contributed by atoms with van der Waals surface area (Å²) in [4.78, 5) is 4.60. The fraction of sp³-hybridized carbons (Fsp3) is 0.471. The number of ether oxygens (including phenoxy) is 1. The number of hydrogen-bond acceptors (Lipinski definition) is 4. The topological polar surface area (TPSA) is 64.4 Å². The van der Waals surface area contributed by atoms with Crippen molar-refractivity contribution >= 4 is 10.0 Å². The van der Waals surface area contributed by atoms with Crippen LogP contribution in [0.5, 0.6) is 0 Å². The summed E-state index contributed by atoms with van der Waals surface area (Å²) < 4.78 is 35.3. The molecule has 0 saturated carbocycles. The maximum Gasteiger partial charge on any atom is 0.243 e. The van der Waals surface area contributed by atoms with Gasteiger partial charge in [0.2, 0.25) is 10.0 Å². The van der Waals surface area contributed by atoms with Gasteiger partial charge in [-0.25, -0.2) is 13.4 Å². The zero-order valence-corrected chi connectivity index (χ0v) is 14.5. The number of aryl methyl sites for hydroxylation is 1. The molecule has 0 radical (unpaired) electrons. The molecule has 2 aliphatic rings. The van der Waals surface area contributed by atoms with Gasteiger partial charge < -0.3 is 9.30 Å². The maximum atomic E-state index is 13.1. The number of imidazole rings is 1. The summed E-state index contributed by atoms with van der Waals surface area (Å²) in [6, 6.07) is 5.34. The van der Waals surface area contributed by atoms with Gasteiger partial charge >= 0.3 is 0 Å². The first kappa shape index (κ1) is 15.8. The second-order valence-electron chi connectivity index (χ2n) is 6.46. The van der Waals surface area contributed by atoms with Crippen LogP contribution < -0.4 is 0 Å². The minimum absolute atomic E-state index is 0.0209. The Kier molecular flexibility index (Phi) is 3.94. The average Bonchev–Trinajstić information content (AvgIpc) is 3.29. The SMILES string of the molecule is Cc1nccn1CC1CCCN1S(=O)(=O)c1ccc2c(c1)COC2. The quantitative estimate of drug-likeness (QED) is 0.849. The molecule has 0 amide bonds. The minimum Gasteiger partial charge on any atom is -0.372 e. The van der Waals surface area contributed by atoms with Crippen molar-refractivity contribution in [1.82, 2.24) is 13.9 Å². The van der Waals surface area contributed by atoms with Crippen LogP contribution >= 0.6 is 0 Å². The number of fused-ring (bicyclic) bond motifs is 1. The fourth-order valence-electron chi connectivity index (χ4n) is 3.58. The largest absolute Gasteiger partial charge is 0.372 e. The first-order valence-electron chi connectivity index (χ1n) is 8.25. The van der Waals surface area contributed by atoms with Gasteiger partial charge in [-0.1, -0.05) is 6.07 Å². The van der Waals surface area contributed by atoms with E-state index in [1.165, 1.54) is 0 Å². The molecule has 0 bridgehead atoms. The Morgan fingerprint density at radius 1 is 1.29 bits per heavy atom. The molecule has 128 valence electrons. The molecule has 3 heterocycles. The van der Waals surface area contributed by atoms with Crippen LogP contribution in [0.3, 0.4) is 0 Å². The number of rotatable bonds is 4. The van der Waals surface area contributed by atoms with Crippen LogP contribution in [-0.4, -0.2) is 34.9 Å². The molecule has 1 saturated heterocycles. The summed E-state index contributed by atoms with van der Waals surface area (Å²) in [6.07, 6.45) is 5.44. The first-order valence-corrected chi connectivity index (χ1v) is 9.69. The molecule has 6 nitrogen and oxygen atoms in total. The van der Waals surface area contributed by atoms with Gasteiger partial charge in [0.25, 0.3) is 0 Å². The predicted molar refractivity (Wildman–Crippen MR) is 88.8 cm³/mol. The molecular formula is C17H21N3O3S. The van der Waals surface area contributed by atoms with Gasteiger partial charge in [0.05, 0.1) is 18.1 Å². The van der Waals surface area contributed by atoms with E-state index in [0.29, 0.717) is 31.2 Å². The highest BCUT2D eigenvalue weighted by molar-refractivity contribution is 7.89. The summed E-state index contributed by atoms with van der Waals surface area (Å²) in [5.74, 6) is 0.911. The predicted octanol–water partition coefficient (Wildman–Crippen LogP) is 2.08. The Labute approximate surface area is 142 Å². The monoisotopic (exact) mass is 347 g/mol. The van der Waals surface area contributed by atoms with Gasteiger partial charge in [-0.3, -0.25) is 0 Å². The minimum atomic E-state index is -3.48. The van der Waals surface area contributed by atoms with Gasteiger partial charge in [0.15, 0.2) is 0 Å². The van der Waals surface area contributed by atoms with E-state index in [0.717, 1.165) is 29.8 Å². The van der Waals surface area contributed by atoms with Crippen LogP contribution in [0.4, 0.5) is 0 Å². The van der Waals surface area contributed by atoms with Crippen molar-refractivity contribution in [3.63, 3.8) is 0 Å². The standard InChI is InChI=1S/C17H21N3O3S/c1-13-18-6-8-19(13)10-16-3-2-7-20(16)24(21,22)17-5-4-14-11-23-12-15(14)9-17/h4-6,8-9,16H,2-3,7,10-12H2,1H3. The zero-order chi connectivity index (χ0) is 16.7. The third-order valence-corrected chi connectivity index (χ3v) is 6.90. The van der Waals surface area contributed by atoms with Gasteiger partial charge in [-0.2, -0.15) is 4.31 Å². The molecule has 0 aliphatic carbocycles. The Morgan fingerprint density at radius 3 is 2.92 bits per heavy atom. The normalized spacial score (nSPS) is 21.3.